The van der Waals surface area contributed by atoms with E-state index in [0.29, 0.717) is 12.5 Å². The molecular weight excluding hydrogens is 292 g/mol. The maximum Gasteiger partial charge on any atom is 0.129 e. The summed E-state index contributed by atoms with van der Waals surface area (Å²) < 4.78 is 28.1. The van der Waals surface area contributed by atoms with Gasteiger partial charge in [0.1, 0.15) is 17.7 Å². The van der Waals surface area contributed by atoms with Gasteiger partial charge in [-0.1, -0.05) is 0 Å². The zero-order valence-corrected chi connectivity index (χ0v) is 12.3. The van der Waals surface area contributed by atoms with Crippen LogP contribution in [0.15, 0.2) is 12.1 Å². The van der Waals surface area contributed by atoms with Gasteiger partial charge in [-0.05, 0) is 42.9 Å². The number of likely N-dealkylation sites (tertiary alicyclic amines) is 1. The first-order valence-electron chi connectivity index (χ1n) is 7.70. The van der Waals surface area contributed by atoms with Crippen LogP contribution in [-0.4, -0.2) is 58.2 Å². The number of benzene rings is 1. The van der Waals surface area contributed by atoms with Gasteiger partial charge in [-0.2, -0.15) is 0 Å². The lowest BCUT2D eigenvalue weighted by Crippen LogP contribution is -2.55. The first kappa shape index (κ1) is 15.8. The monoisotopic (exact) mass is 313 g/mol. The summed E-state index contributed by atoms with van der Waals surface area (Å²) in [6, 6.07) is 2.83. The molecule has 1 aliphatic heterocycles. The summed E-state index contributed by atoms with van der Waals surface area (Å²) in [5.41, 5.74) is 0.769. The molecule has 1 aromatic carbocycles. The number of hydrogen-bond acceptors (Lipinski definition) is 4. The van der Waals surface area contributed by atoms with Gasteiger partial charge >= 0.3 is 0 Å². The van der Waals surface area contributed by atoms with Crippen molar-refractivity contribution in [2.75, 3.05) is 19.6 Å². The first-order chi connectivity index (χ1) is 10.5. The number of aliphatic hydroxyl groups excluding tert-OH is 3. The molecule has 1 saturated heterocycles. The van der Waals surface area contributed by atoms with Gasteiger partial charge in [-0.3, -0.25) is 4.90 Å². The van der Waals surface area contributed by atoms with Crippen molar-refractivity contribution in [2.24, 2.45) is 0 Å². The van der Waals surface area contributed by atoms with Gasteiger partial charge in [-0.15, -0.1) is 0 Å². The van der Waals surface area contributed by atoms with E-state index in [4.69, 9.17) is 0 Å². The lowest BCUT2D eigenvalue weighted by Gasteiger charge is -2.36. The zero-order valence-electron chi connectivity index (χ0n) is 12.3. The van der Waals surface area contributed by atoms with Crippen molar-refractivity contribution in [3.8, 4) is 0 Å². The molecule has 1 heterocycles. The molecule has 0 amide bonds. The van der Waals surface area contributed by atoms with Gasteiger partial charge in [0.2, 0.25) is 0 Å². The van der Waals surface area contributed by atoms with E-state index in [1.807, 2.05) is 0 Å². The Labute approximate surface area is 128 Å². The smallest absolute Gasteiger partial charge is 0.129 e. The quantitative estimate of drug-likeness (QED) is 0.769. The number of aliphatic hydroxyl groups is 3. The molecule has 0 radical (unpaired) electrons. The molecule has 2 fully saturated rings. The average Bonchev–Trinajstić information content (AvgIpc) is 3.28. The Morgan fingerprint density at radius 3 is 2.05 bits per heavy atom. The van der Waals surface area contributed by atoms with E-state index in [-0.39, 0.29) is 25.1 Å². The number of halogens is 2. The molecule has 0 spiro atoms. The fraction of sp³-hybridized carbons (Fsp3) is 0.625. The third kappa shape index (κ3) is 3.30. The highest BCUT2D eigenvalue weighted by molar-refractivity contribution is 5.31. The Morgan fingerprint density at radius 2 is 1.55 bits per heavy atom. The summed E-state index contributed by atoms with van der Waals surface area (Å²) in [5.74, 6) is -0.757. The highest BCUT2D eigenvalue weighted by Crippen LogP contribution is 2.40. The summed E-state index contributed by atoms with van der Waals surface area (Å²) in [7, 11) is 0. The highest BCUT2D eigenvalue weighted by atomic mass is 19.1. The molecule has 3 rings (SSSR count). The van der Waals surface area contributed by atoms with Crippen molar-refractivity contribution < 1.29 is 24.1 Å². The zero-order chi connectivity index (χ0) is 15.9. The number of hydrogen-bond donors (Lipinski definition) is 3. The predicted molar refractivity (Wildman–Crippen MR) is 76.5 cm³/mol. The van der Waals surface area contributed by atoms with Crippen LogP contribution >= 0.6 is 0 Å². The second kappa shape index (κ2) is 6.20. The Hall–Kier alpha value is -1.08. The van der Waals surface area contributed by atoms with Crippen LogP contribution in [-0.2, 0) is 6.42 Å². The van der Waals surface area contributed by atoms with E-state index in [9.17, 15) is 24.1 Å². The van der Waals surface area contributed by atoms with Gasteiger partial charge < -0.3 is 15.3 Å². The maximum absolute atomic E-state index is 14.1. The van der Waals surface area contributed by atoms with E-state index in [0.717, 1.165) is 18.4 Å². The lowest BCUT2D eigenvalue weighted by atomic mass is 10.0. The molecule has 6 heteroatoms. The number of rotatable bonds is 4. The van der Waals surface area contributed by atoms with Gasteiger partial charge in [0.15, 0.2) is 0 Å². The predicted octanol–water partition coefficient (Wildman–Crippen LogP) is 0.783. The van der Waals surface area contributed by atoms with Crippen molar-refractivity contribution >= 4 is 0 Å². The molecule has 3 N–H and O–H groups in total. The van der Waals surface area contributed by atoms with Crippen LogP contribution in [0.3, 0.4) is 0 Å². The van der Waals surface area contributed by atoms with Crippen molar-refractivity contribution in [1.82, 2.24) is 4.90 Å². The van der Waals surface area contributed by atoms with Crippen LogP contribution in [0.5, 0.6) is 0 Å². The third-order valence-corrected chi connectivity index (χ3v) is 4.57. The van der Waals surface area contributed by atoms with Crippen molar-refractivity contribution in [2.45, 2.75) is 43.5 Å². The molecular formula is C16H21F2NO3. The average molecular weight is 313 g/mol. The van der Waals surface area contributed by atoms with Crippen LogP contribution in [0, 0.1) is 11.6 Å². The van der Waals surface area contributed by atoms with Crippen LogP contribution in [0.1, 0.15) is 29.9 Å². The normalized spacial score (nSPS) is 29.8. The lowest BCUT2D eigenvalue weighted by molar-refractivity contribution is -0.109. The molecule has 0 bridgehead atoms. The highest BCUT2D eigenvalue weighted by Gasteiger charge is 2.33. The summed E-state index contributed by atoms with van der Waals surface area (Å²) in [6.45, 7) is 0.681. The molecule has 2 aliphatic rings. The second-order valence-electron chi connectivity index (χ2n) is 6.37. The number of nitrogens with zero attached hydrogens (tertiary/aromatic N) is 1. The summed E-state index contributed by atoms with van der Waals surface area (Å²) in [4.78, 5) is 1.70. The molecule has 3 atom stereocenters. The van der Waals surface area contributed by atoms with Gasteiger partial charge in [0.05, 0.1) is 12.2 Å². The van der Waals surface area contributed by atoms with E-state index in [1.54, 1.807) is 4.90 Å². The van der Waals surface area contributed by atoms with E-state index in [2.05, 4.69) is 0 Å². The van der Waals surface area contributed by atoms with Crippen molar-refractivity contribution in [3.63, 3.8) is 0 Å². The van der Waals surface area contributed by atoms with Gasteiger partial charge in [0, 0.05) is 25.2 Å². The maximum atomic E-state index is 14.1. The Balaban J connectivity index is 1.64. The van der Waals surface area contributed by atoms with E-state index in [1.165, 1.54) is 12.1 Å². The van der Waals surface area contributed by atoms with Gasteiger partial charge in [-0.25, -0.2) is 8.78 Å². The van der Waals surface area contributed by atoms with Crippen LogP contribution in [0.25, 0.3) is 0 Å². The standard InChI is InChI=1S/C16H21F2NO3/c17-12-5-10(9-1-2-9)6-13(18)11(12)3-4-19-7-14(20)16(22)15(21)8-19/h5-6,9,14-16,20-22H,1-4,7-8H2/t14-,15+,16?. The van der Waals surface area contributed by atoms with E-state index < -0.39 is 29.9 Å². The minimum absolute atomic E-state index is 0.0412. The molecule has 122 valence electrons. The van der Waals surface area contributed by atoms with Crippen LogP contribution in [0.2, 0.25) is 0 Å². The molecule has 0 aromatic heterocycles. The summed E-state index contributed by atoms with van der Waals surface area (Å²) in [5, 5.41) is 28.7. The van der Waals surface area contributed by atoms with Crippen molar-refractivity contribution in [1.29, 1.82) is 0 Å². The largest absolute Gasteiger partial charge is 0.389 e. The Bertz CT molecular complexity index is 515. The topological polar surface area (TPSA) is 63.9 Å². The molecule has 22 heavy (non-hydrogen) atoms. The molecule has 1 aromatic rings. The first-order valence-corrected chi connectivity index (χ1v) is 7.70. The number of β-amino-alcohol motifs (C(OH)–C–C–N with tert-alkyl or cyclic N) is 2. The van der Waals surface area contributed by atoms with Crippen LogP contribution < -0.4 is 0 Å². The SMILES string of the molecule is OC1[C@H](O)CN(CCc2c(F)cc(C3CC3)cc2F)C[C@@H]1O. The molecule has 1 saturated carbocycles. The fourth-order valence-electron chi connectivity index (χ4n) is 3.04. The fourth-order valence-corrected chi connectivity index (χ4v) is 3.04. The minimum atomic E-state index is -1.16. The summed E-state index contributed by atoms with van der Waals surface area (Å²) in [6.07, 6.45) is -1.11. The Kier molecular flexibility index (Phi) is 4.45. The second-order valence-corrected chi connectivity index (χ2v) is 6.37. The van der Waals surface area contributed by atoms with Crippen LogP contribution in [0.4, 0.5) is 8.78 Å². The van der Waals surface area contributed by atoms with Gasteiger partial charge in [0.25, 0.3) is 0 Å². The molecule has 1 unspecified atom stereocenters. The minimum Gasteiger partial charge on any atom is -0.389 e. The third-order valence-electron chi connectivity index (χ3n) is 4.57. The number of piperidine rings is 1. The van der Waals surface area contributed by atoms with Crippen molar-refractivity contribution in [3.05, 3.63) is 34.9 Å². The molecule has 1 aliphatic carbocycles. The van der Waals surface area contributed by atoms with E-state index >= 15 is 0 Å². The Morgan fingerprint density at radius 1 is 1.00 bits per heavy atom. The summed E-state index contributed by atoms with van der Waals surface area (Å²) >= 11 is 0. The molecule has 4 nitrogen and oxygen atoms in total.